The van der Waals surface area contributed by atoms with E-state index in [0.717, 1.165) is 16.8 Å². The third-order valence-electron chi connectivity index (χ3n) is 3.46. The average molecular weight is 460 g/mol. The summed E-state index contributed by atoms with van der Waals surface area (Å²) >= 11 is 0. The van der Waals surface area contributed by atoms with Crippen molar-refractivity contribution in [1.82, 2.24) is 9.55 Å². The van der Waals surface area contributed by atoms with E-state index in [0.29, 0.717) is 0 Å². The van der Waals surface area contributed by atoms with Crippen LogP contribution in [0.25, 0.3) is 0 Å². The van der Waals surface area contributed by atoms with Gasteiger partial charge in [-0.2, -0.15) is 4.31 Å². The Morgan fingerprint density at radius 3 is 2.34 bits per heavy atom. The van der Waals surface area contributed by atoms with Crippen LogP contribution in [0.2, 0.25) is 0 Å². The van der Waals surface area contributed by atoms with Crippen LogP contribution in [-0.2, 0) is 27.2 Å². The first-order valence-electron chi connectivity index (χ1n) is 8.15. The summed E-state index contributed by atoms with van der Waals surface area (Å²) in [6.45, 7) is 3.37. The van der Waals surface area contributed by atoms with E-state index in [2.05, 4.69) is 13.4 Å². The van der Waals surface area contributed by atoms with Crippen LogP contribution in [0.5, 0.6) is 0 Å². The van der Waals surface area contributed by atoms with Crippen LogP contribution in [0.4, 0.5) is 0 Å². The highest BCUT2D eigenvalue weighted by molar-refractivity contribution is 7.61. The zero-order valence-corrected chi connectivity index (χ0v) is 17.4. The van der Waals surface area contributed by atoms with Gasteiger partial charge in [0.15, 0.2) is 6.23 Å². The quantitative estimate of drug-likeness (QED) is 0.317. The van der Waals surface area contributed by atoms with E-state index in [1.54, 1.807) is 0 Å². The molecule has 0 bridgehead atoms. The molecule has 16 heteroatoms. The Kier molecular flexibility index (Phi) is 7.08. The maximum absolute atomic E-state index is 11.9. The standard InChI is InChI=1S/C13H22N2O12P2/c1-13(2,3)26-29(22,23)27-28(20,21)24-6-7-9(17)10(18)11(25-7)15-5-4-8(16)14-12(15)19/h4-5,7,9-11,17-18H,6H2,1-3H3,(H,20,21)(H,22,23)(H,14,16,19)/t7-,9-,10-,11-/m1/s1. The molecule has 5 N–H and O–H groups in total. The number of nitrogens with one attached hydrogen (secondary N) is 1. The summed E-state index contributed by atoms with van der Waals surface area (Å²) in [6, 6.07) is 0.984. The van der Waals surface area contributed by atoms with Crippen molar-refractivity contribution in [3.63, 3.8) is 0 Å². The molecule has 0 aromatic carbocycles. The lowest BCUT2D eigenvalue weighted by molar-refractivity contribution is -0.0544. The molecule has 0 radical (unpaired) electrons. The topological polar surface area (TPSA) is 207 Å². The van der Waals surface area contributed by atoms with Crippen molar-refractivity contribution >= 4 is 15.6 Å². The molecular formula is C13H22N2O12P2. The monoisotopic (exact) mass is 460 g/mol. The first-order valence-corrected chi connectivity index (χ1v) is 11.1. The number of hydrogen-bond acceptors (Lipinski definition) is 10. The summed E-state index contributed by atoms with van der Waals surface area (Å²) < 4.78 is 43.1. The summed E-state index contributed by atoms with van der Waals surface area (Å²) in [5, 5.41) is 20.1. The Hall–Kier alpha value is -1.18. The summed E-state index contributed by atoms with van der Waals surface area (Å²) in [7, 11) is -10.1. The van der Waals surface area contributed by atoms with E-state index in [1.165, 1.54) is 20.8 Å². The molecule has 6 atom stereocenters. The Morgan fingerprint density at radius 1 is 1.17 bits per heavy atom. The predicted molar refractivity (Wildman–Crippen MR) is 94.8 cm³/mol. The van der Waals surface area contributed by atoms with Crippen molar-refractivity contribution < 1.29 is 47.2 Å². The van der Waals surface area contributed by atoms with Gasteiger partial charge in [0.2, 0.25) is 0 Å². The van der Waals surface area contributed by atoms with Crippen molar-refractivity contribution in [3.8, 4) is 0 Å². The highest BCUT2D eigenvalue weighted by Crippen LogP contribution is 2.61. The number of aliphatic hydroxyl groups is 2. The predicted octanol–water partition coefficient (Wildman–Crippen LogP) is -0.795. The second-order valence-corrected chi connectivity index (χ2v) is 10.1. The number of nitrogens with zero attached hydrogens (tertiary/aromatic N) is 1. The van der Waals surface area contributed by atoms with Gasteiger partial charge in [-0.05, 0) is 20.8 Å². The molecule has 1 aliphatic heterocycles. The molecule has 0 saturated carbocycles. The van der Waals surface area contributed by atoms with Gasteiger partial charge < -0.3 is 24.7 Å². The van der Waals surface area contributed by atoms with E-state index in [-0.39, 0.29) is 0 Å². The van der Waals surface area contributed by atoms with Gasteiger partial charge in [-0.1, -0.05) is 0 Å². The molecule has 166 valence electrons. The normalized spacial score (nSPS) is 29.3. The Morgan fingerprint density at radius 2 is 1.79 bits per heavy atom. The average Bonchev–Trinajstić information content (AvgIpc) is 2.78. The minimum absolute atomic E-state index is 0.691. The number of phosphoric ester groups is 2. The number of aliphatic hydroxyl groups excluding tert-OH is 2. The first-order chi connectivity index (χ1) is 13.1. The molecule has 1 saturated heterocycles. The fraction of sp³-hybridized carbons (Fsp3) is 0.692. The smallest absolute Gasteiger partial charge is 0.387 e. The summed E-state index contributed by atoms with van der Waals surface area (Å²) in [5.41, 5.74) is -2.79. The SMILES string of the molecule is CC(C)(C)OP(=O)(O)OP(=O)(O)OC[C@H]1O[C@@H](n2ccc(=O)[nH]c2=O)[C@H](O)[C@@H]1O. The second-order valence-electron chi connectivity index (χ2n) is 7.08. The number of hydrogen-bond donors (Lipinski definition) is 5. The van der Waals surface area contributed by atoms with Crippen molar-refractivity contribution in [3.05, 3.63) is 33.1 Å². The number of phosphoric acid groups is 2. The van der Waals surface area contributed by atoms with Gasteiger partial charge in [-0.15, -0.1) is 0 Å². The van der Waals surface area contributed by atoms with Crippen LogP contribution in [0, 0.1) is 0 Å². The molecule has 1 aromatic heterocycles. The molecule has 0 spiro atoms. The fourth-order valence-corrected chi connectivity index (χ4v) is 4.80. The van der Waals surface area contributed by atoms with Crippen LogP contribution in [0.1, 0.15) is 27.0 Å². The van der Waals surface area contributed by atoms with Gasteiger partial charge in [0.25, 0.3) is 5.56 Å². The van der Waals surface area contributed by atoms with Gasteiger partial charge in [0, 0.05) is 12.3 Å². The van der Waals surface area contributed by atoms with Crippen molar-refractivity contribution in [2.45, 2.75) is 50.9 Å². The Bertz CT molecular complexity index is 937. The second kappa shape index (κ2) is 8.52. The summed E-state index contributed by atoms with van der Waals surface area (Å²) in [5.74, 6) is 0. The van der Waals surface area contributed by atoms with Gasteiger partial charge in [-0.25, -0.2) is 13.9 Å². The first kappa shape index (κ1) is 24.1. The highest BCUT2D eigenvalue weighted by Gasteiger charge is 2.46. The number of H-pyrrole nitrogens is 1. The maximum Gasteiger partial charge on any atom is 0.481 e. The third-order valence-corrected chi connectivity index (χ3v) is 6.36. The lowest BCUT2D eigenvalue weighted by Gasteiger charge is -2.24. The van der Waals surface area contributed by atoms with Gasteiger partial charge in [-0.3, -0.25) is 23.4 Å². The van der Waals surface area contributed by atoms with Gasteiger partial charge >= 0.3 is 21.3 Å². The number of rotatable bonds is 7. The zero-order valence-electron chi connectivity index (χ0n) is 15.6. The van der Waals surface area contributed by atoms with Crippen LogP contribution in [0.15, 0.2) is 21.9 Å². The molecule has 2 unspecified atom stereocenters. The molecule has 1 aliphatic rings. The van der Waals surface area contributed by atoms with Gasteiger partial charge in [0.1, 0.15) is 18.3 Å². The molecule has 29 heavy (non-hydrogen) atoms. The van der Waals surface area contributed by atoms with Crippen LogP contribution < -0.4 is 11.2 Å². The number of ether oxygens (including phenoxy) is 1. The van der Waals surface area contributed by atoms with E-state index in [1.807, 2.05) is 4.98 Å². The number of aromatic nitrogens is 2. The van der Waals surface area contributed by atoms with Gasteiger partial charge in [0.05, 0.1) is 12.2 Å². The fourth-order valence-electron chi connectivity index (χ4n) is 2.41. The maximum atomic E-state index is 11.9. The minimum Gasteiger partial charge on any atom is -0.387 e. The molecular weight excluding hydrogens is 438 g/mol. The van der Waals surface area contributed by atoms with Crippen LogP contribution in [0.3, 0.4) is 0 Å². The Balaban J connectivity index is 2.05. The van der Waals surface area contributed by atoms with Crippen molar-refractivity contribution in [2.75, 3.05) is 6.61 Å². The minimum atomic E-state index is -5.13. The van der Waals surface area contributed by atoms with E-state index in [9.17, 15) is 38.7 Å². The Labute approximate surface area is 163 Å². The third kappa shape index (κ3) is 6.66. The summed E-state index contributed by atoms with van der Waals surface area (Å²) in [6.07, 6.45) is -5.14. The molecule has 0 aliphatic carbocycles. The van der Waals surface area contributed by atoms with E-state index in [4.69, 9.17) is 4.74 Å². The lowest BCUT2D eigenvalue weighted by Crippen LogP contribution is -2.37. The van der Waals surface area contributed by atoms with Crippen molar-refractivity contribution in [2.24, 2.45) is 0 Å². The molecule has 14 nitrogen and oxygen atoms in total. The van der Waals surface area contributed by atoms with Crippen LogP contribution in [-0.4, -0.2) is 60.1 Å². The molecule has 2 heterocycles. The molecule has 1 aromatic rings. The van der Waals surface area contributed by atoms with Crippen LogP contribution >= 0.6 is 15.6 Å². The highest BCUT2D eigenvalue weighted by atomic mass is 31.3. The van der Waals surface area contributed by atoms with Crippen molar-refractivity contribution in [1.29, 1.82) is 0 Å². The summed E-state index contributed by atoms with van der Waals surface area (Å²) in [4.78, 5) is 44.0. The number of aromatic amines is 1. The molecule has 1 fully saturated rings. The van der Waals surface area contributed by atoms with E-state index < -0.39 is 63.6 Å². The largest absolute Gasteiger partial charge is 0.481 e. The zero-order chi connectivity index (χ0) is 22.2. The van der Waals surface area contributed by atoms with E-state index >= 15 is 0 Å². The molecule has 0 amide bonds. The molecule has 2 rings (SSSR count). The lowest BCUT2D eigenvalue weighted by atomic mass is 10.1.